The van der Waals surface area contributed by atoms with Crippen LogP contribution in [0.2, 0.25) is 5.02 Å². The molecular formula is C13H15ClN2. The van der Waals surface area contributed by atoms with E-state index in [0.29, 0.717) is 6.04 Å². The van der Waals surface area contributed by atoms with E-state index in [4.69, 9.17) is 11.6 Å². The molecule has 0 unspecified atom stereocenters. The van der Waals surface area contributed by atoms with Gasteiger partial charge in [-0.2, -0.15) is 0 Å². The lowest BCUT2D eigenvalue weighted by molar-refractivity contribution is 0.376. The first-order valence-electron chi connectivity index (χ1n) is 5.81. The minimum Gasteiger partial charge on any atom is -0.344 e. The second-order valence-electron chi connectivity index (χ2n) is 4.41. The fourth-order valence-electron chi connectivity index (χ4n) is 2.54. The zero-order chi connectivity index (χ0) is 11.0. The normalized spacial score (nSPS) is 18.1. The van der Waals surface area contributed by atoms with Crippen molar-refractivity contribution in [3.63, 3.8) is 0 Å². The monoisotopic (exact) mass is 234 g/mol. The van der Waals surface area contributed by atoms with Crippen LogP contribution in [0.25, 0.3) is 10.9 Å². The summed E-state index contributed by atoms with van der Waals surface area (Å²) in [6, 6.07) is 8.93. The zero-order valence-electron chi connectivity index (χ0n) is 9.12. The van der Waals surface area contributed by atoms with Crippen LogP contribution in [0.1, 0.15) is 18.9 Å². The first kappa shape index (κ1) is 10.2. The minimum absolute atomic E-state index is 0.639. The maximum absolute atomic E-state index is 5.99. The lowest BCUT2D eigenvalue weighted by atomic mass is 10.1. The lowest BCUT2D eigenvalue weighted by Crippen LogP contribution is -2.29. The number of nitrogens with zero attached hydrogens (tertiary/aromatic N) is 1. The zero-order valence-corrected chi connectivity index (χ0v) is 9.87. The Morgan fingerprint density at radius 1 is 1.19 bits per heavy atom. The first-order chi connectivity index (χ1) is 7.84. The summed E-state index contributed by atoms with van der Waals surface area (Å²) in [5.74, 6) is 0. The van der Waals surface area contributed by atoms with Crippen LogP contribution in [0.15, 0.2) is 30.5 Å². The highest BCUT2D eigenvalue weighted by Crippen LogP contribution is 2.27. The molecule has 1 saturated heterocycles. The molecule has 0 saturated carbocycles. The molecule has 0 bridgehead atoms. The van der Waals surface area contributed by atoms with Gasteiger partial charge in [0.05, 0.1) is 0 Å². The van der Waals surface area contributed by atoms with E-state index in [9.17, 15) is 0 Å². The minimum atomic E-state index is 0.639. The molecule has 0 aliphatic carbocycles. The van der Waals surface area contributed by atoms with E-state index < -0.39 is 0 Å². The van der Waals surface area contributed by atoms with Gasteiger partial charge in [-0.3, -0.25) is 0 Å². The summed E-state index contributed by atoms with van der Waals surface area (Å²) in [6.45, 7) is 2.25. The molecule has 1 aliphatic rings. The Kier molecular flexibility index (Phi) is 2.62. The fraction of sp³-hybridized carbons (Fsp3) is 0.385. The molecule has 16 heavy (non-hydrogen) atoms. The van der Waals surface area contributed by atoms with Crippen molar-refractivity contribution in [3.8, 4) is 0 Å². The quantitative estimate of drug-likeness (QED) is 0.802. The molecule has 2 heterocycles. The van der Waals surface area contributed by atoms with Gasteiger partial charge in [-0.1, -0.05) is 11.6 Å². The van der Waals surface area contributed by atoms with Crippen molar-refractivity contribution in [1.29, 1.82) is 0 Å². The van der Waals surface area contributed by atoms with Gasteiger partial charge < -0.3 is 9.88 Å². The molecule has 0 radical (unpaired) electrons. The second kappa shape index (κ2) is 4.11. The van der Waals surface area contributed by atoms with Gasteiger partial charge in [0, 0.05) is 28.2 Å². The summed E-state index contributed by atoms with van der Waals surface area (Å²) >= 11 is 5.99. The number of rotatable bonds is 1. The van der Waals surface area contributed by atoms with E-state index in [-0.39, 0.29) is 0 Å². The van der Waals surface area contributed by atoms with Crippen molar-refractivity contribution in [2.24, 2.45) is 0 Å². The molecule has 1 aromatic heterocycles. The molecule has 1 aliphatic heterocycles. The summed E-state index contributed by atoms with van der Waals surface area (Å²) in [7, 11) is 0. The van der Waals surface area contributed by atoms with Crippen molar-refractivity contribution >= 4 is 22.5 Å². The number of piperidine rings is 1. The largest absolute Gasteiger partial charge is 0.344 e. The number of hydrogen-bond donors (Lipinski definition) is 1. The van der Waals surface area contributed by atoms with E-state index in [2.05, 4.69) is 28.2 Å². The average molecular weight is 235 g/mol. The van der Waals surface area contributed by atoms with Gasteiger partial charge >= 0.3 is 0 Å². The van der Waals surface area contributed by atoms with Crippen LogP contribution in [0.4, 0.5) is 0 Å². The molecule has 1 fully saturated rings. The van der Waals surface area contributed by atoms with Crippen molar-refractivity contribution < 1.29 is 0 Å². The Hall–Kier alpha value is -0.990. The van der Waals surface area contributed by atoms with E-state index in [1.807, 2.05) is 12.1 Å². The van der Waals surface area contributed by atoms with E-state index in [0.717, 1.165) is 18.1 Å². The maximum Gasteiger partial charge on any atom is 0.0483 e. The van der Waals surface area contributed by atoms with Crippen molar-refractivity contribution in [2.75, 3.05) is 13.1 Å². The summed E-state index contributed by atoms with van der Waals surface area (Å²) in [4.78, 5) is 0. The first-order valence-corrected chi connectivity index (χ1v) is 6.19. The summed E-state index contributed by atoms with van der Waals surface area (Å²) in [6.07, 6.45) is 4.62. The van der Waals surface area contributed by atoms with Crippen LogP contribution in [-0.2, 0) is 0 Å². The lowest BCUT2D eigenvalue weighted by Gasteiger charge is -2.25. The SMILES string of the molecule is Clc1ccc2c(ccn2C2CCNCC2)c1. The van der Waals surface area contributed by atoms with Crippen molar-refractivity contribution in [1.82, 2.24) is 9.88 Å². The van der Waals surface area contributed by atoms with Crippen LogP contribution < -0.4 is 5.32 Å². The number of halogens is 1. The predicted molar refractivity (Wildman–Crippen MR) is 68.1 cm³/mol. The van der Waals surface area contributed by atoms with Gasteiger partial charge in [-0.25, -0.2) is 0 Å². The van der Waals surface area contributed by atoms with Gasteiger partial charge in [0.2, 0.25) is 0 Å². The predicted octanol–water partition coefficient (Wildman–Crippen LogP) is 3.22. The van der Waals surface area contributed by atoms with Gasteiger partial charge in [0.25, 0.3) is 0 Å². The topological polar surface area (TPSA) is 17.0 Å². The highest BCUT2D eigenvalue weighted by Gasteiger charge is 2.15. The van der Waals surface area contributed by atoms with Crippen LogP contribution in [0.5, 0.6) is 0 Å². The van der Waals surface area contributed by atoms with Gasteiger partial charge in [-0.15, -0.1) is 0 Å². The number of aromatic nitrogens is 1. The number of nitrogens with one attached hydrogen (secondary N) is 1. The smallest absolute Gasteiger partial charge is 0.0483 e. The molecule has 0 atom stereocenters. The van der Waals surface area contributed by atoms with Crippen LogP contribution in [-0.4, -0.2) is 17.7 Å². The summed E-state index contributed by atoms with van der Waals surface area (Å²) in [5, 5.41) is 5.46. The van der Waals surface area contributed by atoms with E-state index >= 15 is 0 Å². The molecule has 1 aromatic carbocycles. The highest BCUT2D eigenvalue weighted by atomic mass is 35.5. The van der Waals surface area contributed by atoms with Crippen LogP contribution in [0, 0.1) is 0 Å². The number of hydrogen-bond acceptors (Lipinski definition) is 1. The Morgan fingerprint density at radius 2 is 2.00 bits per heavy atom. The van der Waals surface area contributed by atoms with Crippen molar-refractivity contribution in [3.05, 3.63) is 35.5 Å². The molecule has 0 spiro atoms. The third-order valence-corrected chi connectivity index (χ3v) is 3.62. The van der Waals surface area contributed by atoms with Gasteiger partial charge in [0.1, 0.15) is 0 Å². The molecule has 84 valence electrons. The molecule has 2 aromatic rings. The Morgan fingerprint density at radius 3 is 2.81 bits per heavy atom. The highest BCUT2D eigenvalue weighted by molar-refractivity contribution is 6.31. The summed E-state index contributed by atoms with van der Waals surface area (Å²) < 4.78 is 2.40. The molecule has 0 amide bonds. The van der Waals surface area contributed by atoms with Gasteiger partial charge in [0.15, 0.2) is 0 Å². The third kappa shape index (κ3) is 1.72. The average Bonchev–Trinajstić information content (AvgIpc) is 2.73. The molecule has 3 heteroatoms. The number of fused-ring (bicyclic) bond motifs is 1. The number of benzene rings is 1. The van der Waals surface area contributed by atoms with Crippen molar-refractivity contribution in [2.45, 2.75) is 18.9 Å². The third-order valence-electron chi connectivity index (χ3n) is 3.38. The molecule has 2 nitrogen and oxygen atoms in total. The Balaban J connectivity index is 2.03. The Labute approximate surface area is 100 Å². The van der Waals surface area contributed by atoms with Crippen LogP contribution in [0.3, 0.4) is 0 Å². The fourth-order valence-corrected chi connectivity index (χ4v) is 2.72. The summed E-state index contributed by atoms with van der Waals surface area (Å²) in [5.41, 5.74) is 1.30. The van der Waals surface area contributed by atoms with E-state index in [1.54, 1.807) is 0 Å². The molecule has 1 N–H and O–H groups in total. The second-order valence-corrected chi connectivity index (χ2v) is 4.84. The molecular weight excluding hydrogens is 220 g/mol. The molecule has 3 rings (SSSR count). The standard InChI is InChI=1S/C13H15ClN2/c14-11-1-2-13-10(9-11)5-8-16(13)12-3-6-15-7-4-12/h1-2,5,8-9,12,15H,3-4,6-7H2. The van der Waals surface area contributed by atoms with E-state index in [1.165, 1.54) is 23.7 Å². The van der Waals surface area contributed by atoms with Gasteiger partial charge in [-0.05, 0) is 50.2 Å². The Bertz CT molecular complexity index is 498. The van der Waals surface area contributed by atoms with Crippen LogP contribution >= 0.6 is 11.6 Å². The maximum atomic E-state index is 5.99.